The number of rotatable bonds is 6. The van der Waals surface area contributed by atoms with Gasteiger partial charge in [0.1, 0.15) is 0 Å². The van der Waals surface area contributed by atoms with E-state index in [4.69, 9.17) is 4.52 Å². The van der Waals surface area contributed by atoms with E-state index < -0.39 is 0 Å². The van der Waals surface area contributed by atoms with Gasteiger partial charge in [-0.05, 0) is 31.0 Å². The summed E-state index contributed by atoms with van der Waals surface area (Å²) in [5.41, 5.74) is 2.58. The van der Waals surface area contributed by atoms with Crippen molar-refractivity contribution >= 4 is 11.6 Å². The number of amides is 1. The van der Waals surface area contributed by atoms with Gasteiger partial charge in [-0.2, -0.15) is 4.98 Å². The molecule has 1 heterocycles. The molecule has 0 aliphatic carbocycles. The van der Waals surface area contributed by atoms with Gasteiger partial charge in [0.25, 0.3) is 5.91 Å². The van der Waals surface area contributed by atoms with Gasteiger partial charge >= 0.3 is 0 Å². The van der Waals surface area contributed by atoms with Crippen LogP contribution < -0.4 is 10.6 Å². The van der Waals surface area contributed by atoms with Gasteiger partial charge in [0.15, 0.2) is 5.82 Å². The fourth-order valence-corrected chi connectivity index (χ4v) is 1.93. The number of nitrogens with zero attached hydrogens (tertiary/aromatic N) is 2. The highest BCUT2D eigenvalue weighted by molar-refractivity contribution is 5.99. The minimum absolute atomic E-state index is 0.156. The third-order valence-electron chi connectivity index (χ3n) is 2.96. The number of carbonyl (C=O) groups excluding carboxylic acids is 1. The maximum Gasteiger partial charge on any atom is 0.253 e. The van der Waals surface area contributed by atoms with Crippen LogP contribution in [0.1, 0.15) is 41.0 Å². The zero-order valence-corrected chi connectivity index (χ0v) is 12.6. The Labute approximate surface area is 123 Å². The fraction of sp³-hybridized carbons (Fsp3) is 0.400. The zero-order valence-electron chi connectivity index (χ0n) is 12.6. The van der Waals surface area contributed by atoms with Crippen molar-refractivity contribution in [2.75, 3.05) is 11.9 Å². The molecule has 1 aromatic carbocycles. The smallest absolute Gasteiger partial charge is 0.253 e. The summed E-state index contributed by atoms with van der Waals surface area (Å²) >= 11 is 0. The second-order valence-corrected chi connectivity index (χ2v) is 4.89. The first kappa shape index (κ1) is 15.0. The standard InChI is InChI=1S/C15H20N4O2/c1-4-7-16-13-8-10(2)5-6-12(13)15(20)17-9-14-18-11(3)21-19-14/h5-6,8,16H,4,7,9H2,1-3H3,(H,17,20). The molecule has 1 aromatic heterocycles. The Kier molecular flexibility index (Phi) is 4.92. The van der Waals surface area contributed by atoms with E-state index in [1.165, 1.54) is 0 Å². The van der Waals surface area contributed by atoms with Gasteiger partial charge in [0, 0.05) is 19.2 Å². The van der Waals surface area contributed by atoms with Crippen molar-refractivity contribution in [3.8, 4) is 0 Å². The molecule has 0 spiro atoms. The van der Waals surface area contributed by atoms with E-state index in [2.05, 4.69) is 27.7 Å². The van der Waals surface area contributed by atoms with Crippen LogP contribution in [-0.2, 0) is 6.54 Å². The van der Waals surface area contributed by atoms with Crippen molar-refractivity contribution in [1.29, 1.82) is 0 Å². The lowest BCUT2D eigenvalue weighted by atomic mass is 10.1. The molecule has 0 saturated carbocycles. The average Bonchev–Trinajstić information content (AvgIpc) is 2.88. The van der Waals surface area contributed by atoms with Gasteiger partial charge in [0.05, 0.1) is 12.1 Å². The predicted octanol–water partition coefficient (Wildman–Crippen LogP) is 2.44. The molecule has 0 atom stereocenters. The van der Waals surface area contributed by atoms with Crippen LogP contribution in [0.4, 0.5) is 5.69 Å². The molecule has 1 amide bonds. The van der Waals surface area contributed by atoms with Gasteiger partial charge in [0.2, 0.25) is 5.89 Å². The third-order valence-corrected chi connectivity index (χ3v) is 2.96. The van der Waals surface area contributed by atoms with Crippen LogP contribution >= 0.6 is 0 Å². The number of benzene rings is 1. The summed E-state index contributed by atoms with van der Waals surface area (Å²) < 4.78 is 4.87. The number of aromatic nitrogens is 2. The Morgan fingerprint density at radius 3 is 2.81 bits per heavy atom. The quantitative estimate of drug-likeness (QED) is 0.853. The maximum atomic E-state index is 12.3. The molecule has 6 nitrogen and oxygen atoms in total. The van der Waals surface area contributed by atoms with Crippen molar-refractivity contribution in [2.45, 2.75) is 33.7 Å². The van der Waals surface area contributed by atoms with Gasteiger partial charge in [-0.1, -0.05) is 18.1 Å². The van der Waals surface area contributed by atoms with Crippen LogP contribution in [0.15, 0.2) is 22.7 Å². The lowest BCUT2D eigenvalue weighted by molar-refractivity contribution is 0.0950. The molecule has 2 aromatic rings. The molecule has 0 radical (unpaired) electrons. The summed E-state index contributed by atoms with van der Waals surface area (Å²) in [7, 11) is 0. The molecule has 0 unspecified atom stereocenters. The lowest BCUT2D eigenvalue weighted by Crippen LogP contribution is -2.24. The topological polar surface area (TPSA) is 80.0 Å². The van der Waals surface area contributed by atoms with Crippen LogP contribution in [0.2, 0.25) is 0 Å². The molecule has 2 N–H and O–H groups in total. The first-order valence-corrected chi connectivity index (χ1v) is 7.02. The molecular formula is C15H20N4O2. The van der Waals surface area contributed by atoms with Gasteiger partial charge in [-0.15, -0.1) is 0 Å². The Bertz CT molecular complexity index is 622. The molecule has 2 rings (SSSR count). The molecule has 6 heteroatoms. The molecule has 21 heavy (non-hydrogen) atoms. The number of hydrogen-bond acceptors (Lipinski definition) is 5. The monoisotopic (exact) mass is 288 g/mol. The minimum Gasteiger partial charge on any atom is -0.384 e. The second kappa shape index (κ2) is 6.88. The van der Waals surface area contributed by atoms with E-state index in [1.54, 1.807) is 6.92 Å². The predicted molar refractivity (Wildman–Crippen MR) is 80.2 cm³/mol. The van der Waals surface area contributed by atoms with Crippen molar-refractivity contribution in [3.63, 3.8) is 0 Å². The molecule has 112 valence electrons. The highest BCUT2D eigenvalue weighted by atomic mass is 16.5. The number of hydrogen-bond donors (Lipinski definition) is 2. The van der Waals surface area contributed by atoms with Gasteiger partial charge < -0.3 is 15.2 Å². The Hall–Kier alpha value is -2.37. The molecule has 0 fully saturated rings. The van der Waals surface area contributed by atoms with Crippen LogP contribution in [-0.4, -0.2) is 22.6 Å². The largest absolute Gasteiger partial charge is 0.384 e. The third kappa shape index (κ3) is 4.05. The Morgan fingerprint density at radius 1 is 1.33 bits per heavy atom. The summed E-state index contributed by atoms with van der Waals surface area (Å²) in [5, 5.41) is 9.83. The Morgan fingerprint density at radius 2 is 2.14 bits per heavy atom. The van der Waals surface area contributed by atoms with Crippen LogP contribution in [0.3, 0.4) is 0 Å². The van der Waals surface area contributed by atoms with E-state index in [9.17, 15) is 4.79 Å². The second-order valence-electron chi connectivity index (χ2n) is 4.89. The molecule has 0 aliphatic rings. The highest BCUT2D eigenvalue weighted by Crippen LogP contribution is 2.17. The number of carbonyl (C=O) groups is 1. The first-order chi connectivity index (χ1) is 10.1. The van der Waals surface area contributed by atoms with Crippen molar-refractivity contribution in [2.24, 2.45) is 0 Å². The normalized spacial score (nSPS) is 10.4. The number of nitrogens with one attached hydrogen (secondary N) is 2. The molecule has 0 aliphatic heterocycles. The van der Waals surface area contributed by atoms with Crippen molar-refractivity contribution < 1.29 is 9.32 Å². The van der Waals surface area contributed by atoms with E-state index >= 15 is 0 Å². The molecule has 0 saturated heterocycles. The number of anilines is 1. The summed E-state index contributed by atoms with van der Waals surface area (Å²) in [6.45, 7) is 6.87. The summed E-state index contributed by atoms with van der Waals surface area (Å²) in [6, 6.07) is 5.72. The Balaban J connectivity index is 2.07. The first-order valence-electron chi connectivity index (χ1n) is 7.02. The van der Waals surface area contributed by atoms with E-state index in [-0.39, 0.29) is 12.5 Å². The lowest BCUT2D eigenvalue weighted by Gasteiger charge is -2.12. The fourth-order valence-electron chi connectivity index (χ4n) is 1.93. The summed E-state index contributed by atoms with van der Waals surface area (Å²) in [4.78, 5) is 16.3. The van der Waals surface area contributed by atoms with Crippen molar-refractivity contribution in [1.82, 2.24) is 15.5 Å². The van der Waals surface area contributed by atoms with Gasteiger partial charge in [-0.3, -0.25) is 4.79 Å². The van der Waals surface area contributed by atoms with Crippen LogP contribution in [0.5, 0.6) is 0 Å². The zero-order chi connectivity index (χ0) is 15.2. The summed E-state index contributed by atoms with van der Waals surface area (Å²) in [6.07, 6.45) is 0.997. The van der Waals surface area contributed by atoms with E-state index in [0.717, 1.165) is 24.2 Å². The van der Waals surface area contributed by atoms with E-state index in [1.807, 2.05) is 25.1 Å². The summed E-state index contributed by atoms with van der Waals surface area (Å²) in [5.74, 6) is 0.798. The van der Waals surface area contributed by atoms with Gasteiger partial charge in [-0.25, -0.2) is 0 Å². The SMILES string of the molecule is CCCNc1cc(C)ccc1C(=O)NCc1noc(C)n1. The molecule has 0 bridgehead atoms. The average molecular weight is 288 g/mol. The van der Waals surface area contributed by atoms with Crippen molar-refractivity contribution in [3.05, 3.63) is 41.0 Å². The minimum atomic E-state index is -0.156. The van der Waals surface area contributed by atoms with Crippen LogP contribution in [0, 0.1) is 13.8 Å². The maximum absolute atomic E-state index is 12.3. The highest BCUT2D eigenvalue weighted by Gasteiger charge is 2.12. The number of aryl methyl sites for hydroxylation is 2. The molecular weight excluding hydrogens is 268 g/mol. The van der Waals surface area contributed by atoms with Crippen LogP contribution in [0.25, 0.3) is 0 Å². The van der Waals surface area contributed by atoms with E-state index in [0.29, 0.717) is 17.3 Å².